The molecule has 1 aromatic rings. The molecule has 1 fully saturated rings. The van der Waals surface area contributed by atoms with Gasteiger partial charge < -0.3 is 10.4 Å². The normalized spacial score (nSPS) is 25.5. The molecule has 1 aromatic heterocycles. The molecule has 3 nitrogen and oxygen atoms in total. The number of nitrogens with one attached hydrogen (secondary N) is 1. The zero-order valence-electron chi connectivity index (χ0n) is 10.6. The molecule has 1 unspecified atom stereocenters. The number of aryl methyl sites for hydroxylation is 1. The topological polar surface area (TPSA) is 45.1 Å². The number of pyridine rings is 1. The summed E-state index contributed by atoms with van der Waals surface area (Å²) in [5.74, 6) is 0. The first kappa shape index (κ1) is 12.5. The lowest BCUT2D eigenvalue weighted by molar-refractivity contribution is 0.0275. The lowest BCUT2D eigenvalue weighted by Gasteiger charge is -2.25. The summed E-state index contributed by atoms with van der Waals surface area (Å²) in [5.41, 5.74) is 1.69. The molecule has 17 heavy (non-hydrogen) atoms. The Bertz CT molecular complexity index is 340. The minimum Gasteiger partial charge on any atom is -0.389 e. The highest BCUT2D eigenvalue weighted by atomic mass is 16.3. The van der Waals surface area contributed by atoms with Crippen molar-refractivity contribution in [3.8, 4) is 0 Å². The van der Waals surface area contributed by atoms with Gasteiger partial charge in [0.15, 0.2) is 0 Å². The Morgan fingerprint density at radius 2 is 2.24 bits per heavy atom. The molecule has 0 aromatic carbocycles. The molecule has 0 amide bonds. The van der Waals surface area contributed by atoms with Gasteiger partial charge in [0.25, 0.3) is 0 Å². The van der Waals surface area contributed by atoms with Crippen LogP contribution in [0.3, 0.4) is 0 Å². The number of nitrogens with zero attached hydrogens (tertiary/aromatic N) is 1. The van der Waals surface area contributed by atoms with Crippen LogP contribution < -0.4 is 5.32 Å². The highest BCUT2D eigenvalue weighted by Crippen LogP contribution is 2.23. The van der Waals surface area contributed by atoms with Gasteiger partial charge in [-0.1, -0.05) is 13.0 Å². The Hall–Kier alpha value is -0.930. The summed E-state index contributed by atoms with van der Waals surface area (Å²) in [5, 5.41) is 13.9. The number of rotatable bonds is 3. The van der Waals surface area contributed by atoms with E-state index in [9.17, 15) is 5.11 Å². The Balaban J connectivity index is 2.02. The summed E-state index contributed by atoms with van der Waals surface area (Å²) in [6, 6.07) is 4.16. The largest absolute Gasteiger partial charge is 0.389 e. The Kier molecular flexibility index (Phi) is 4.13. The van der Waals surface area contributed by atoms with E-state index in [-0.39, 0.29) is 0 Å². The summed E-state index contributed by atoms with van der Waals surface area (Å²) in [6.45, 7) is 4.05. The Morgan fingerprint density at radius 3 is 2.94 bits per heavy atom. The van der Waals surface area contributed by atoms with Crippen molar-refractivity contribution < 1.29 is 5.11 Å². The molecule has 94 valence electrons. The average Bonchev–Trinajstić information content (AvgIpc) is 2.55. The van der Waals surface area contributed by atoms with E-state index in [2.05, 4.69) is 29.4 Å². The monoisotopic (exact) mass is 234 g/mol. The van der Waals surface area contributed by atoms with Crippen molar-refractivity contribution in [2.75, 3.05) is 13.1 Å². The summed E-state index contributed by atoms with van der Waals surface area (Å²) in [7, 11) is 0. The molecule has 1 saturated heterocycles. The summed E-state index contributed by atoms with van der Waals surface area (Å²) >= 11 is 0. The number of hydrogen-bond acceptors (Lipinski definition) is 3. The van der Waals surface area contributed by atoms with E-state index in [1.165, 1.54) is 5.56 Å². The standard InChI is InChI=1S/C14H22N2O/c1-2-12-4-5-13(16-11-12)10-14(17)6-3-8-15-9-7-14/h4-5,11,15,17H,2-3,6-10H2,1H3. The third-order valence-electron chi connectivity index (χ3n) is 3.57. The lowest BCUT2D eigenvalue weighted by Crippen LogP contribution is -2.32. The molecule has 1 aliphatic heterocycles. The van der Waals surface area contributed by atoms with Crippen LogP contribution in [0.15, 0.2) is 18.3 Å². The lowest BCUT2D eigenvalue weighted by atomic mass is 9.89. The molecular weight excluding hydrogens is 212 g/mol. The van der Waals surface area contributed by atoms with E-state index in [1.807, 2.05) is 6.20 Å². The van der Waals surface area contributed by atoms with Crippen molar-refractivity contribution in [3.05, 3.63) is 29.6 Å². The second-order valence-corrected chi connectivity index (χ2v) is 5.02. The van der Waals surface area contributed by atoms with Crippen molar-refractivity contribution in [2.24, 2.45) is 0 Å². The second kappa shape index (κ2) is 5.61. The maximum Gasteiger partial charge on any atom is 0.0715 e. The van der Waals surface area contributed by atoms with Crippen LogP contribution in [0.25, 0.3) is 0 Å². The SMILES string of the molecule is CCc1ccc(CC2(O)CCCNCC2)nc1. The number of hydrogen-bond donors (Lipinski definition) is 2. The van der Waals surface area contributed by atoms with Crippen LogP contribution in [0.5, 0.6) is 0 Å². The third-order valence-corrected chi connectivity index (χ3v) is 3.57. The van der Waals surface area contributed by atoms with Crippen LogP contribution >= 0.6 is 0 Å². The first-order chi connectivity index (χ1) is 8.22. The predicted molar refractivity (Wildman–Crippen MR) is 69.0 cm³/mol. The molecule has 3 heteroatoms. The number of aliphatic hydroxyl groups is 1. The summed E-state index contributed by atoms with van der Waals surface area (Å²) in [6.07, 6.45) is 6.36. The van der Waals surface area contributed by atoms with Gasteiger partial charge in [-0.05, 0) is 50.4 Å². The van der Waals surface area contributed by atoms with Gasteiger partial charge in [0.05, 0.1) is 5.60 Å². The van der Waals surface area contributed by atoms with Crippen molar-refractivity contribution in [1.82, 2.24) is 10.3 Å². The van der Waals surface area contributed by atoms with Gasteiger partial charge >= 0.3 is 0 Å². The van der Waals surface area contributed by atoms with E-state index in [0.29, 0.717) is 6.42 Å². The highest BCUT2D eigenvalue weighted by molar-refractivity contribution is 5.15. The van der Waals surface area contributed by atoms with E-state index in [0.717, 1.165) is 44.5 Å². The first-order valence-electron chi connectivity index (χ1n) is 6.59. The summed E-state index contributed by atoms with van der Waals surface area (Å²) in [4.78, 5) is 4.44. The van der Waals surface area contributed by atoms with Gasteiger partial charge in [-0.25, -0.2) is 0 Å². The molecule has 0 saturated carbocycles. The number of aromatic nitrogens is 1. The molecule has 0 spiro atoms. The maximum absolute atomic E-state index is 10.6. The van der Waals surface area contributed by atoms with Crippen molar-refractivity contribution in [2.45, 2.75) is 44.6 Å². The fourth-order valence-corrected chi connectivity index (χ4v) is 2.40. The molecule has 0 radical (unpaired) electrons. The minimum absolute atomic E-state index is 0.565. The molecule has 0 bridgehead atoms. The van der Waals surface area contributed by atoms with Crippen LogP contribution in [-0.4, -0.2) is 28.8 Å². The zero-order valence-corrected chi connectivity index (χ0v) is 10.6. The quantitative estimate of drug-likeness (QED) is 0.836. The van der Waals surface area contributed by atoms with E-state index < -0.39 is 5.60 Å². The van der Waals surface area contributed by atoms with E-state index in [1.54, 1.807) is 0 Å². The van der Waals surface area contributed by atoms with Gasteiger partial charge in [0.1, 0.15) is 0 Å². The Labute approximate surface area is 103 Å². The minimum atomic E-state index is -0.565. The van der Waals surface area contributed by atoms with Gasteiger partial charge in [0.2, 0.25) is 0 Å². The molecule has 1 aliphatic rings. The average molecular weight is 234 g/mol. The smallest absolute Gasteiger partial charge is 0.0715 e. The molecule has 2 rings (SSSR count). The zero-order chi connectivity index (χ0) is 12.1. The highest BCUT2D eigenvalue weighted by Gasteiger charge is 2.28. The predicted octanol–water partition coefficient (Wildman–Crippen LogP) is 1.69. The molecule has 1 atom stereocenters. The maximum atomic E-state index is 10.6. The third kappa shape index (κ3) is 3.51. The fourth-order valence-electron chi connectivity index (χ4n) is 2.40. The van der Waals surface area contributed by atoms with E-state index in [4.69, 9.17) is 0 Å². The van der Waals surface area contributed by atoms with Crippen LogP contribution in [0.1, 0.15) is 37.4 Å². The summed E-state index contributed by atoms with van der Waals surface area (Å²) < 4.78 is 0. The fraction of sp³-hybridized carbons (Fsp3) is 0.643. The van der Waals surface area contributed by atoms with E-state index >= 15 is 0 Å². The van der Waals surface area contributed by atoms with Crippen molar-refractivity contribution in [3.63, 3.8) is 0 Å². The van der Waals surface area contributed by atoms with Crippen LogP contribution in [0.4, 0.5) is 0 Å². The van der Waals surface area contributed by atoms with Gasteiger partial charge in [-0.3, -0.25) is 4.98 Å². The van der Waals surface area contributed by atoms with Crippen molar-refractivity contribution in [1.29, 1.82) is 0 Å². The molecule has 2 heterocycles. The molecule has 0 aliphatic carbocycles. The van der Waals surface area contributed by atoms with Crippen LogP contribution in [0.2, 0.25) is 0 Å². The second-order valence-electron chi connectivity index (χ2n) is 5.02. The first-order valence-corrected chi connectivity index (χ1v) is 6.59. The molecular formula is C14H22N2O. The Morgan fingerprint density at radius 1 is 1.35 bits per heavy atom. The van der Waals surface area contributed by atoms with Crippen LogP contribution in [0, 0.1) is 0 Å². The van der Waals surface area contributed by atoms with Gasteiger partial charge in [-0.15, -0.1) is 0 Å². The van der Waals surface area contributed by atoms with Crippen LogP contribution in [-0.2, 0) is 12.8 Å². The van der Waals surface area contributed by atoms with Gasteiger partial charge in [0, 0.05) is 18.3 Å². The van der Waals surface area contributed by atoms with Gasteiger partial charge in [-0.2, -0.15) is 0 Å². The molecule has 2 N–H and O–H groups in total. The van der Waals surface area contributed by atoms with Crippen molar-refractivity contribution >= 4 is 0 Å².